The number of nitrogens with one attached hydrogen (secondary N) is 1. The highest BCUT2D eigenvalue weighted by atomic mass is 16.5. The number of carbonyl (C=O) groups is 2. The monoisotopic (exact) mass is 296 g/mol. The molecule has 5 heteroatoms. The lowest BCUT2D eigenvalue weighted by atomic mass is 10.0. The average Bonchev–Trinajstić information content (AvgIpc) is 2.53. The third-order valence-corrected chi connectivity index (χ3v) is 3.23. The fourth-order valence-corrected chi connectivity index (χ4v) is 2.14. The van der Waals surface area contributed by atoms with Crippen LogP contribution in [0.15, 0.2) is 36.4 Å². The number of rotatable bonds is 4. The third kappa shape index (κ3) is 3.23. The van der Waals surface area contributed by atoms with E-state index >= 15 is 0 Å². The molecule has 0 saturated carbocycles. The van der Waals surface area contributed by atoms with Gasteiger partial charge in [0, 0.05) is 5.56 Å². The minimum Gasteiger partial charge on any atom is -0.464 e. The first-order chi connectivity index (χ1) is 10.6. The van der Waals surface area contributed by atoms with Crippen LogP contribution in [0.2, 0.25) is 0 Å². The fourth-order valence-electron chi connectivity index (χ4n) is 2.14. The molecule has 0 fully saturated rings. The van der Waals surface area contributed by atoms with Gasteiger partial charge in [-0.1, -0.05) is 24.3 Å². The SMILES string of the molecule is CCOC(=O)C(C)NC(=O)c1cc(C#N)c2ccccc2c1. The second-order valence-corrected chi connectivity index (χ2v) is 4.80. The maximum atomic E-state index is 12.2. The van der Waals surface area contributed by atoms with Crippen molar-refractivity contribution in [3.8, 4) is 6.07 Å². The van der Waals surface area contributed by atoms with Crippen LogP contribution in [0.4, 0.5) is 0 Å². The molecule has 1 N–H and O–H groups in total. The molecule has 0 aromatic heterocycles. The average molecular weight is 296 g/mol. The topological polar surface area (TPSA) is 79.2 Å². The standard InChI is InChI=1S/C17H16N2O3/c1-3-22-17(21)11(2)19-16(20)13-8-12-6-4-5-7-15(12)14(9-13)10-18/h4-9,11H,3H2,1-2H3,(H,19,20). The van der Waals surface area contributed by atoms with Crippen LogP contribution in [0.25, 0.3) is 10.8 Å². The van der Waals surface area contributed by atoms with Crippen LogP contribution >= 0.6 is 0 Å². The number of carbonyl (C=O) groups excluding carboxylic acids is 2. The summed E-state index contributed by atoms with van der Waals surface area (Å²) in [4.78, 5) is 23.8. The Bertz CT molecular complexity index is 762. The predicted octanol–water partition coefficient (Wildman–Crippen LogP) is 2.39. The molecule has 5 nitrogen and oxygen atoms in total. The van der Waals surface area contributed by atoms with E-state index in [-0.39, 0.29) is 6.61 Å². The summed E-state index contributed by atoms with van der Waals surface area (Å²) in [7, 11) is 0. The van der Waals surface area contributed by atoms with Gasteiger partial charge in [-0.25, -0.2) is 4.79 Å². The number of fused-ring (bicyclic) bond motifs is 1. The fraction of sp³-hybridized carbons (Fsp3) is 0.235. The number of hydrogen-bond acceptors (Lipinski definition) is 4. The van der Waals surface area contributed by atoms with Gasteiger partial charge in [-0.2, -0.15) is 5.26 Å². The Hall–Kier alpha value is -2.87. The number of nitriles is 1. The summed E-state index contributed by atoms with van der Waals surface area (Å²) in [6.07, 6.45) is 0. The summed E-state index contributed by atoms with van der Waals surface area (Å²) in [5.41, 5.74) is 0.762. The van der Waals surface area contributed by atoms with Gasteiger partial charge in [0.1, 0.15) is 6.04 Å². The van der Waals surface area contributed by atoms with Gasteiger partial charge in [-0.05, 0) is 36.8 Å². The molecular formula is C17H16N2O3. The highest BCUT2D eigenvalue weighted by Gasteiger charge is 2.18. The van der Waals surface area contributed by atoms with Gasteiger partial charge in [-0.15, -0.1) is 0 Å². The van der Waals surface area contributed by atoms with Crippen molar-refractivity contribution in [3.63, 3.8) is 0 Å². The molecule has 22 heavy (non-hydrogen) atoms. The van der Waals surface area contributed by atoms with Crippen molar-refractivity contribution in [3.05, 3.63) is 47.5 Å². The molecule has 0 radical (unpaired) electrons. The number of benzene rings is 2. The number of nitrogens with zero attached hydrogens (tertiary/aromatic N) is 1. The molecular weight excluding hydrogens is 280 g/mol. The predicted molar refractivity (Wildman–Crippen MR) is 82.2 cm³/mol. The van der Waals surface area contributed by atoms with Crippen LogP contribution in [-0.2, 0) is 9.53 Å². The molecule has 0 aliphatic rings. The number of esters is 1. The molecule has 1 atom stereocenters. The third-order valence-electron chi connectivity index (χ3n) is 3.23. The van der Waals surface area contributed by atoms with Crippen molar-refractivity contribution in [2.24, 2.45) is 0 Å². The zero-order valence-corrected chi connectivity index (χ0v) is 12.4. The second kappa shape index (κ2) is 6.72. The van der Waals surface area contributed by atoms with E-state index in [1.807, 2.05) is 24.3 Å². The van der Waals surface area contributed by atoms with E-state index in [1.54, 1.807) is 19.9 Å². The number of amides is 1. The first kappa shape index (κ1) is 15.5. The molecule has 2 aromatic carbocycles. The Morgan fingerprint density at radius 1 is 1.32 bits per heavy atom. The highest BCUT2D eigenvalue weighted by Crippen LogP contribution is 2.20. The molecule has 0 spiro atoms. The summed E-state index contributed by atoms with van der Waals surface area (Å²) < 4.78 is 4.85. The van der Waals surface area contributed by atoms with Gasteiger partial charge >= 0.3 is 5.97 Å². The summed E-state index contributed by atoms with van der Waals surface area (Å²) in [5.74, 6) is -0.903. The van der Waals surface area contributed by atoms with E-state index in [9.17, 15) is 14.9 Å². The number of ether oxygens (including phenoxy) is 1. The molecule has 0 bridgehead atoms. The molecule has 0 saturated heterocycles. The zero-order chi connectivity index (χ0) is 16.1. The summed E-state index contributed by atoms with van der Waals surface area (Å²) >= 11 is 0. The lowest BCUT2D eigenvalue weighted by Gasteiger charge is -2.13. The Morgan fingerprint density at radius 3 is 2.73 bits per heavy atom. The van der Waals surface area contributed by atoms with Crippen molar-refractivity contribution in [2.75, 3.05) is 6.61 Å². The van der Waals surface area contributed by atoms with Crippen LogP contribution in [0.5, 0.6) is 0 Å². The maximum Gasteiger partial charge on any atom is 0.328 e. The molecule has 2 rings (SSSR count). The van der Waals surface area contributed by atoms with E-state index < -0.39 is 17.9 Å². The summed E-state index contributed by atoms with van der Waals surface area (Å²) in [5, 5.41) is 13.4. The smallest absolute Gasteiger partial charge is 0.328 e. The van der Waals surface area contributed by atoms with Crippen LogP contribution in [-0.4, -0.2) is 24.5 Å². The van der Waals surface area contributed by atoms with Gasteiger partial charge in [0.2, 0.25) is 0 Å². The lowest BCUT2D eigenvalue weighted by molar-refractivity contribution is -0.144. The highest BCUT2D eigenvalue weighted by molar-refractivity contribution is 6.01. The molecule has 2 aromatic rings. The van der Waals surface area contributed by atoms with Gasteiger partial charge in [0.05, 0.1) is 18.2 Å². The zero-order valence-electron chi connectivity index (χ0n) is 12.4. The first-order valence-electron chi connectivity index (χ1n) is 6.97. The largest absolute Gasteiger partial charge is 0.464 e. The Labute approximate surface area is 128 Å². The minimum atomic E-state index is -0.746. The molecule has 112 valence electrons. The quantitative estimate of drug-likeness (QED) is 0.879. The molecule has 0 heterocycles. The van der Waals surface area contributed by atoms with Crippen molar-refractivity contribution in [1.82, 2.24) is 5.32 Å². The number of hydrogen-bond donors (Lipinski definition) is 1. The Morgan fingerprint density at radius 2 is 2.05 bits per heavy atom. The van der Waals surface area contributed by atoms with Crippen LogP contribution < -0.4 is 5.32 Å². The summed E-state index contributed by atoms with van der Waals surface area (Å²) in [6, 6.07) is 11.9. The van der Waals surface area contributed by atoms with Crippen molar-refractivity contribution in [1.29, 1.82) is 5.26 Å². The van der Waals surface area contributed by atoms with Crippen LogP contribution in [0.1, 0.15) is 29.8 Å². The van der Waals surface area contributed by atoms with E-state index in [2.05, 4.69) is 11.4 Å². The van der Waals surface area contributed by atoms with Gasteiger partial charge in [0.15, 0.2) is 0 Å². The van der Waals surface area contributed by atoms with Gasteiger partial charge in [-0.3, -0.25) is 4.79 Å². The van der Waals surface area contributed by atoms with E-state index in [0.29, 0.717) is 11.1 Å². The first-order valence-corrected chi connectivity index (χ1v) is 6.97. The normalized spacial score (nSPS) is 11.5. The van der Waals surface area contributed by atoms with Gasteiger partial charge < -0.3 is 10.1 Å². The molecule has 0 aliphatic heterocycles. The second-order valence-electron chi connectivity index (χ2n) is 4.80. The van der Waals surface area contributed by atoms with Gasteiger partial charge in [0.25, 0.3) is 5.91 Å². The molecule has 0 aliphatic carbocycles. The molecule has 1 unspecified atom stereocenters. The Kier molecular flexibility index (Phi) is 4.74. The minimum absolute atomic E-state index is 0.258. The van der Waals surface area contributed by atoms with E-state index in [0.717, 1.165) is 10.8 Å². The van der Waals surface area contributed by atoms with Crippen LogP contribution in [0.3, 0.4) is 0 Å². The van der Waals surface area contributed by atoms with Crippen molar-refractivity contribution in [2.45, 2.75) is 19.9 Å². The van der Waals surface area contributed by atoms with Crippen LogP contribution in [0, 0.1) is 11.3 Å². The van der Waals surface area contributed by atoms with E-state index in [1.165, 1.54) is 6.07 Å². The lowest BCUT2D eigenvalue weighted by Crippen LogP contribution is -2.39. The van der Waals surface area contributed by atoms with Crippen molar-refractivity contribution < 1.29 is 14.3 Å². The maximum absolute atomic E-state index is 12.2. The summed E-state index contributed by atoms with van der Waals surface area (Å²) in [6.45, 7) is 3.52. The van der Waals surface area contributed by atoms with Crippen molar-refractivity contribution >= 4 is 22.6 Å². The Balaban J connectivity index is 2.29. The van der Waals surface area contributed by atoms with E-state index in [4.69, 9.17) is 4.74 Å². The molecule has 1 amide bonds.